The maximum Gasteiger partial charge on any atom is 0.341 e. The molecule has 3 heterocycles. The molecule has 8 heteroatoms. The summed E-state index contributed by atoms with van der Waals surface area (Å²) >= 11 is 1.59. The fraction of sp³-hybridized carbons (Fsp3) is 0.389. The van der Waals surface area contributed by atoms with Crippen molar-refractivity contribution < 1.29 is 14.6 Å². The number of nitrogens with zero attached hydrogens (tertiary/aromatic N) is 3. The van der Waals surface area contributed by atoms with Crippen LogP contribution in [-0.4, -0.2) is 38.8 Å². The third kappa shape index (κ3) is 3.01. The van der Waals surface area contributed by atoms with Crippen LogP contribution in [0, 0.1) is 12.8 Å². The molecule has 2 N–H and O–H groups in total. The van der Waals surface area contributed by atoms with Crippen molar-refractivity contribution in [2.24, 2.45) is 5.92 Å². The van der Waals surface area contributed by atoms with Gasteiger partial charge in [-0.1, -0.05) is 13.8 Å². The topological polar surface area (TPSA) is 88.8 Å². The van der Waals surface area contributed by atoms with E-state index in [4.69, 9.17) is 4.74 Å². The first-order valence-corrected chi connectivity index (χ1v) is 9.23. The quantitative estimate of drug-likeness (QED) is 0.680. The van der Waals surface area contributed by atoms with E-state index in [-0.39, 0.29) is 17.3 Å². The highest BCUT2D eigenvalue weighted by Crippen LogP contribution is 2.41. The number of anilines is 1. The monoisotopic (exact) mass is 374 g/mol. The predicted octanol–water partition coefficient (Wildman–Crippen LogP) is 3.93. The van der Waals surface area contributed by atoms with Crippen molar-refractivity contribution in [2.75, 3.05) is 12.4 Å². The van der Waals surface area contributed by atoms with Gasteiger partial charge in [-0.05, 0) is 36.8 Å². The Morgan fingerprint density at radius 3 is 2.65 bits per heavy atom. The van der Waals surface area contributed by atoms with E-state index in [9.17, 15) is 9.90 Å². The van der Waals surface area contributed by atoms with E-state index in [0.29, 0.717) is 17.6 Å². The number of nitrogens with one attached hydrogen (secondary N) is 1. The van der Waals surface area contributed by atoms with Gasteiger partial charge in [0.05, 0.1) is 18.9 Å². The highest BCUT2D eigenvalue weighted by atomic mass is 32.1. The highest BCUT2D eigenvalue weighted by molar-refractivity contribution is 7.13. The summed E-state index contributed by atoms with van der Waals surface area (Å²) in [5, 5.41) is 19.2. The van der Waals surface area contributed by atoms with Crippen molar-refractivity contribution in [1.29, 1.82) is 0 Å². The lowest BCUT2D eigenvalue weighted by Gasteiger charge is -2.22. The van der Waals surface area contributed by atoms with Crippen LogP contribution in [0.3, 0.4) is 0 Å². The van der Waals surface area contributed by atoms with Crippen molar-refractivity contribution in [3.8, 4) is 16.3 Å². The molecule has 0 fully saturated rings. The molecular formula is C18H22N4O3S. The average Bonchev–Trinajstić information content (AvgIpc) is 3.20. The first-order chi connectivity index (χ1) is 12.3. The second kappa shape index (κ2) is 6.95. The van der Waals surface area contributed by atoms with E-state index < -0.39 is 5.97 Å². The summed E-state index contributed by atoms with van der Waals surface area (Å²) in [6, 6.07) is 2.17. The second-order valence-corrected chi connectivity index (χ2v) is 7.47. The zero-order valence-corrected chi connectivity index (χ0v) is 16.2. The molecule has 0 radical (unpaired) electrons. The first kappa shape index (κ1) is 18.2. The van der Waals surface area contributed by atoms with Gasteiger partial charge in [0, 0.05) is 10.9 Å². The van der Waals surface area contributed by atoms with E-state index in [1.807, 2.05) is 18.4 Å². The summed E-state index contributed by atoms with van der Waals surface area (Å²) < 4.78 is 7.10. The molecule has 0 saturated heterocycles. The zero-order valence-electron chi connectivity index (χ0n) is 15.4. The van der Waals surface area contributed by atoms with Gasteiger partial charge in [-0.2, -0.15) is 14.6 Å². The molecule has 138 valence electrons. The Balaban J connectivity index is 2.36. The summed E-state index contributed by atoms with van der Waals surface area (Å²) in [6.07, 6.45) is 1.32. The van der Waals surface area contributed by atoms with Gasteiger partial charge in [0.15, 0.2) is 5.65 Å². The van der Waals surface area contributed by atoms with Crippen LogP contribution >= 0.6 is 11.3 Å². The third-order valence-corrected chi connectivity index (χ3v) is 5.53. The number of rotatable bonds is 6. The molecule has 0 amide bonds. The molecule has 0 aliphatic carbocycles. The fourth-order valence-corrected chi connectivity index (χ4v) is 3.58. The Morgan fingerprint density at radius 2 is 2.12 bits per heavy atom. The normalized spacial score (nSPS) is 12.5. The van der Waals surface area contributed by atoms with Gasteiger partial charge in [0.2, 0.25) is 5.88 Å². The van der Waals surface area contributed by atoms with Crippen molar-refractivity contribution >= 4 is 28.8 Å². The molecule has 7 nitrogen and oxygen atoms in total. The van der Waals surface area contributed by atoms with Gasteiger partial charge in [-0.3, -0.25) is 0 Å². The fourth-order valence-electron chi connectivity index (χ4n) is 2.62. The predicted molar refractivity (Wildman–Crippen MR) is 102 cm³/mol. The zero-order chi connectivity index (χ0) is 19.0. The number of aryl methyl sites for hydroxylation is 1. The van der Waals surface area contributed by atoms with Crippen LogP contribution in [0.2, 0.25) is 0 Å². The van der Waals surface area contributed by atoms with Crippen LogP contribution in [0.4, 0.5) is 5.82 Å². The Morgan fingerprint density at radius 1 is 1.38 bits per heavy atom. The molecule has 1 atom stereocenters. The van der Waals surface area contributed by atoms with Gasteiger partial charge in [0.25, 0.3) is 0 Å². The number of ether oxygens (including phenoxy) is 1. The van der Waals surface area contributed by atoms with Gasteiger partial charge in [-0.25, -0.2) is 4.79 Å². The van der Waals surface area contributed by atoms with Crippen molar-refractivity contribution in [2.45, 2.75) is 33.7 Å². The summed E-state index contributed by atoms with van der Waals surface area (Å²) in [7, 11) is 1.54. The van der Waals surface area contributed by atoms with Crippen LogP contribution in [0.25, 0.3) is 16.1 Å². The average molecular weight is 374 g/mol. The molecule has 26 heavy (non-hydrogen) atoms. The maximum atomic E-state index is 11.5. The number of carboxylic acids is 1. The van der Waals surface area contributed by atoms with Gasteiger partial charge in [-0.15, -0.1) is 11.3 Å². The number of carboxylic acid groups (broad SMARTS) is 1. The molecule has 3 aromatic heterocycles. The van der Waals surface area contributed by atoms with E-state index in [1.54, 1.807) is 15.9 Å². The van der Waals surface area contributed by atoms with Crippen LogP contribution < -0.4 is 10.1 Å². The highest BCUT2D eigenvalue weighted by Gasteiger charge is 2.25. The molecular weight excluding hydrogens is 352 g/mol. The van der Waals surface area contributed by atoms with E-state index in [2.05, 4.69) is 36.2 Å². The summed E-state index contributed by atoms with van der Waals surface area (Å²) in [4.78, 5) is 17.0. The molecule has 0 aliphatic rings. The number of methoxy groups -OCH3 is 1. The van der Waals surface area contributed by atoms with Gasteiger partial charge >= 0.3 is 5.97 Å². The lowest BCUT2D eigenvalue weighted by atomic mass is 10.1. The molecule has 0 bridgehead atoms. The summed E-state index contributed by atoms with van der Waals surface area (Å²) in [6.45, 7) is 8.34. The number of hydrogen-bond acceptors (Lipinski definition) is 6. The number of aromatic nitrogens is 3. The lowest BCUT2D eigenvalue weighted by molar-refractivity contribution is 0.0698. The molecule has 3 rings (SSSR count). The SMILES string of the molecule is COc1nc2c(C(=O)O)cnn2c(NC(C)C(C)C)c1-c1sccc1C. The van der Waals surface area contributed by atoms with Crippen LogP contribution in [0.5, 0.6) is 5.88 Å². The van der Waals surface area contributed by atoms with Crippen LogP contribution in [0.15, 0.2) is 17.6 Å². The largest absolute Gasteiger partial charge is 0.480 e. The van der Waals surface area contributed by atoms with Crippen LogP contribution in [0.1, 0.15) is 36.7 Å². The minimum Gasteiger partial charge on any atom is -0.480 e. The standard InChI is InChI=1S/C18H22N4O3S/c1-9(2)11(4)20-16-13(14-10(3)6-7-26-14)17(25-5)21-15-12(18(23)24)8-19-22(15)16/h6-9,11,20H,1-5H3,(H,23,24). The molecule has 3 aromatic rings. The molecule has 1 unspecified atom stereocenters. The van der Waals surface area contributed by atoms with Crippen LogP contribution in [-0.2, 0) is 0 Å². The van der Waals surface area contributed by atoms with Crippen molar-refractivity contribution in [3.63, 3.8) is 0 Å². The van der Waals surface area contributed by atoms with E-state index in [1.165, 1.54) is 13.3 Å². The number of carbonyl (C=O) groups is 1. The van der Waals surface area contributed by atoms with Gasteiger partial charge < -0.3 is 15.2 Å². The minimum absolute atomic E-state index is 0.0398. The summed E-state index contributed by atoms with van der Waals surface area (Å²) in [5.41, 5.74) is 2.18. The molecule has 0 spiro atoms. The number of fused-ring (bicyclic) bond motifs is 1. The Hall–Kier alpha value is -2.61. The molecule has 0 saturated carbocycles. The van der Waals surface area contributed by atoms with Gasteiger partial charge in [0.1, 0.15) is 11.4 Å². The second-order valence-electron chi connectivity index (χ2n) is 6.55. The number of aromatic carboxylic acids is 1. The van der Waals surface area contributed by atoms with Crippen molar-refractivity contribution in [3.05, 3.63) is 28.8 Å². The minimum atomic E-state index is -1.07. The molecule has 0 aromatic carbocycles. The number of thiophene rings is 1. The molecule has 0 aliphatic heterocycles. The Kier molecular flexibility index (Phi) is 4.86. The van der Waals surface area contributed by atoms with Crippen molar-refractivity contribution in [1.82, 2.24) is 14.6 Å². The Bertz CT molecular complexity index is 961. The first-order valence-electron chi connectivity index (χ1n) is 8.35. The summed E-state index contributed by atoms with van der Waals surface area (Å²) in [5.74, 6) is 0.365. The Labute approximate surface area is 155 Å². The third-order valence-electron chi connectivity index (χ3n) is 4.49. The maximum absolute atomic E-state index is 11.5. The number of hydrogen-bond donors (Lipinski definition) is 2. The van der Waals surface area contributed by atoms with E-state index >= 15 is 0 Å². The lowest BCUT2D eigenvalue weighted by Crippen LogP contribution is -2.24. The smallest absolute Gasteiger partial charge is 0.341 e. The van der Waals surface area contributed by atoms with E-state index in [0.717, 1.165) is 16.0 Å².